The number of furan rings is 1. The number of allylic oxidation sites excluding steroid dienone is 1. The third-order valence-electron chi connectivity index (χ3n) is 4.20. The molecule has 0 fully saturated rings. The molecule has 126 valence electrons. The minimum Gasteiger partial charge on any atom is -0.452 e. The molecule has 4 aromatic rings. The molecule has 0 aliphatic heterocycles. The second-order valence-electron chi connectivity index (χ2n) is 5.96. The molecule has 26 heavy (non-hydrogen) atoms. The molecule has 0 spiro atoms. The lowest BCUT2D eigenvalue weighted by molar-refractivity contribution is 0.102. The van der Waals surface area contributed by atoms with E-state index in [0.29, 0.717) is 11.6 Å². The topological polar surface area (TPSA) is 56.0 Å². The summed E-state index contributed by atoms with van der Waals surface area (Å²) in [6, 6.07) is 17.4. The molecular weight excluding hydrogens is 324 g/mol. The van der Waals surface area contributed by atoms with Gasteiger partial charge in [0.25, 0.3) is 0 Å². The zero-order valence-corrected chi connectivity index (χ0v) is 14.2. The zero-order chi connectivity index (χ0) is 17.9. The first-order valence-corrected chi connectivity index (χ1v) is 8.30. The van der Waals surface area contributed by atoms with Gasteiger partial charge < -0.3 is 4.42 Å². The van der Waals surface area contributed by atoms with E-state index < -0.39 is 0 Å². The number of hydrogen-bond acceptors (Lipinski definition) is 4. The second-order valence-corrected chi connectivity index (χ2v) is 5.96. The number of para-hydroxylation sites is 1. The van der Waals surface area contributed by atoms with Crippen molar-refractivity contribution in [3.8, 4) is 11.4 Å². The summed E-state index contributed by atoms with van der Waals surface area (Å²) in [5.74, 6) is 0.845. The quantitative estimate of drug-likeness (QED) is 0.383. The Morgan fingerprint density at radius 3 is 2.38 bits per heavy atom. The number of benzene rings is 2. The number of aromatic nitrogens is 2. The molecule has 0 bridgehead atoms. The maximum absolute atomic E-state index is 12.5. The summed E-state index contributed by atoms with van der Waals surface area (Å²) in [6.45, 7) is 1.89. The number of rotatable bonds is 4. The van der Waals surface area contributed by atoms with Crippen molar-refractivity contribution in [1.29, 1.82) is 0 Å². The molecule has 2 aromatic heterocycles. The van der Waals surface area contributed by atoms with Crippen LogP contribution in [0.4, 0.5) is 0 Å². The summed E-state index contributed by atoms with van der Waals surface area (Å²) in [5.41, 5.74) is 3.28. The minimum absolute atomic E-state index is 0.175. The number of nitrogens with zero attached hydrogens (tertiary/aromatic N) is 2. The fraction of sp³-hybridized carbons (Fsp3) is 0.0455. The number of hydrogen-bond donors (Lipinski definition) is 0. The van der Waals surface area contributed by atoms with Crippen LogP contribution in [0.3, 0.4) is 0 Å². The van der Waals surface area contributed by atoms with E-state index >= 15 is 0 Å². The Balaban J connectivity index is 1.55. The molecule has 0 aliphatic carbocycles. The third-order valence-corrected chi connectivity index (χ3v) is 4.20. The van der Waals surface area contributed by atoms with Crippen LogP contribution in [0.1, 0.15) is 21.7 Å². The maximum Gasteiger partial charge on any atom is 0.221 e. The molecule has 0 saturated carbocycles. The van der Waals surface area contributed by atoms with Gasteiger partial charge in [-0.3, -0.25) is 4.79 Å². The van der Waals surface area contributed by atoms with Gasteiger partial charge in [0.05, 0.1) is 0 Å². The highest BCUT2D eigenvalue weighted by molar-refractivity contribution is 6.08. The predicted molar refractivity (Wildman–Crippen MR) is 102 cm³/mol. The number of aryl methyl sites for hydroxylation is 1. The van der Waals surface area contributed by atoms with Crippen LogP contribution in [0.5, 0.6) is 0 Å². The van der Waals surface area contributed by atoms with Crippen molar-refractivity contribution >= 4 is 22.8 Å². The van der Waals surface area contributed by atoms with Gasteiger partial charge >= 0.3 is 0 Å². The summed E-state index contributed by atoms with van der Waals surface area (Å²) < 4.78 is 5.69. The SMILES string of the molecule is Cc1c(C(=O)/C=C/c2cnc(-c3ccccc3)nc2)oc2ccccc12. The van der Waals surface area contributed by atoms with Crippen LogP contribution >= 0.6 is 0 Å². The Bertz CT molecular complexity index is 1090. The van der Waals surface area contributed by atoms with E-state index in [0.717, 1.165) is 27.7 Å². The summed E-state index contributed by atoms with van der Waals surface area (Å²) in [7, 11) is 0. The van der Waals surface area contributed by atoms with Crippen molar-refractivity contribution in [1.82, 2.24) is 9.97 Å². The van der Waals surface area contributed by atoms with Crippen molar-refractivity contribution in [2.45, 2.75) is 6.92 Å². The average Bonchev–Trinajstić information content (AvgIpc) is 3.04. The van der Waals surface area contributed by atoms with Crippen molar-refractivity contribution in [3.63, 3.8) is 0 Å². The zero-order valence-electron chi connectivity index (χ0n) is 14.2. The van der Waals surface area contributed by atoms with Gasteiger partial charge in [-0.25, -0.2) is 9.97 Å². The van der Waals surface area contributed by atoms with Crippen LogP contribution in [-0.4, -0.2) is 15.8 Å². The molecular formula is C22H16N2O2. The van der Waals surface area contributed by atoms with Crippen LogP contribution in [-0.2, 0) is 0 Å². The summed E-state index contributed by atoms with van der Waals surface area (Å²) >= 11 is 0. The van der Waals surface area contributed by atoms with E-state index in [4.69, 9.17) is 4.42 Å². The van der Waals surface area contributed by atoms with Gasteiger partial charge in [0.1, 0.15) is 5.58 Å². The molecule has 0 aliphatic rings. The highest BCUT2D eigenvalue weighted by Crippen LogP contribution is 2.25. The minimum atomic E-state index is -0.175. The van der Waals surface area contributed by atoms with Crippen LogP contribution in [0.25, 0.3) is 28.4 Å². The molecule has 0 unspecified atom stereocenters. The van der Waals surface area contributed by atoms with E-state index in [9.17, 15) is 4.79 Å². The van der Waals surface area contributed by atoms with Gasteiger partial charge in [-0.15, -0.1) is 0 Å². The molecule has 4 rings (SSSR count). The Hall–Kier alpha value is -3.53. The van der Waals surface area contributed by atoms with Gasteiger partial charge in [-0.05, 0) is 25.1 Å². The van der Waals surface area contributed by atoms with Crippen LogP contribution in [0.2, 0.25) is 0 Å². The van der Waals surface area contributed by atoms with Gasteiger partial charge in [-0.1, -0.05) is 48.5 Å². The highest BCUT2D eigenvalue weighted by atomic mass is 16.3. The third kappa shape index (κ3) is 3.05. The molecule has 2 aromatic carbocycles. The molecule has 0 N–H and O–H groups in total. The smallest absolute Gasteiger partial charge is 0.221 e. The lowest BCUT2D eigenvalue weighted by Gasteiger charge is -1.99. The molecule has 0 amide bonds. The van der Waals surface area contributed by atoms with E-state index in [2.05, 4.69) is 9.97 Å². The summed E-state index contributed by atoms with van der Waals surface area (Å²) in [4.78, 5) is 21.2. The van der Waals surface area contributed by atoms with E-state index in [-0.39, 0.29) is 5.78 Å². The molecule has 4 heteroatoms. The fourth-order valence-corrected chi connectivity index (χ4v) is 2.82. The number of fused-ring (bicyclic) bond motifs is 1. The molecule has 0 atom stereocenters. The van der Waals surface area contributed by atoms with Gasteiger partial charge in [0, 0.05) is 34.5 Å². The Kier molecular flexibility index (Phi) is 4.15. The highest BCUT2D eigenvalue weighted by Gasteiger charge is 2.14. The summed E-state index contributed by atoms with van der Waals surface area (Å²) in [6.07, 6.45) is 6.59. The Labute approximate surface area is 150 Å². The van der Waals surface area contributed by atoms with Crippen LogP contribution in [0, 0.1) is 6.92 Å². The number of carbonyl (C=O) groups excluding carboxylic acids is 1. The van der Waals surface area contributed by atoms with Gasteiger partial charge in [0.15, 0.2) is 11.6 Å². The van der Waals surface area contributed by atoms with Crippen molar-refractivity contribution in [2.24, 2.45) is 0 Å². The molecule has 0 radical (unpaired) electrons. The fourth-order valence-electron chi connectivity index (χ4n) is 2.82. The van der Waals surface area contributed by atoms with Crippen LogP contribution < -0.4 is 0 Å². The monoisotopic (exact) mass is 340 g/mol. The average molecular weight is 340 g/mol. The molecule has 4 nitrogen and oxygen atoms in total. The lowest BCUT2D eigenvalue weighted by atomic mass is 10.1. The standard InChI is InChI=1S/C22H16N2O2/c1-15-18-9-5-6-10-20(18)26-21(15)19(25)12-11-16-13-23-22(24-14-16)17-7-3-2-4-8-17/h2-14H,1H3/b12-11+. The van der Waals surface area contributed by atoms with E-state index in [1.54, 1.807) is 18.5 Å². The Morgan fingerprint density at radius 1 is 0.962 bits per heavy atom. The molecule has 0 saturated heterocycles. The molecule has 2 heterocycles. The van der Waals surface area contributed by atoms with Crippen molar-refractivity contribution < 1.29 is 9.21 Å². The maximum atomic E-state index is 12.5. The van der Waals surface area contributed by atoms with Crippen molar-refractivity contribution in [3.05, 3.63) is 90.0 Å². The Morgan fingerprint density at radius 2 is 1.65 bits per heavy atom. The first kappa shape index (κ1) is 16.0. The normalized spacial score (nSPS) is 11.3. The van der Waals surface area contributed by atoms with Gasteiger partial charge in [0.2, 0.25) is 5.78 Å². The first-order valence-electron chi connectivity index (χ1n) is 8.30. The summed E-state index contributed by atoms with van der Waals surface area (Å²) in [5, 5.41) is 0.958. The lowest BCUT2D eigenvalue weighted by Crippen LogP contribution is -1.94. The number of ketones is 1. The van der Waals surface area contributed by atoms with Gasteiger partial charge in [-0.2, -0.15) is 0 Å². The second kappa shape index (κ2) is 6.76. The predicted octanol–water partition coefficient (Wildman–Crippen LogP) is 5.09. The van der Waals surface area contributed by atoms with E-state index in [1.165, 1.54) is 6.08 Å². The largest absolute Gasteiger partial charge is 0.452 e. The van der Waals surface area contributed by atoms with E-state index in [1.807, 2.05) is 61.5 Å². The number of carbonyl (C=O) groups is 1. The van der Waals surface area contributed by atoms with Crippen molar-refractivity contribution in [2.75, 3.05) is 0 Å². The van der Waals surface area contributed by atoms with Crippen LogP contribution in [0.15, 0.2) is 77.5 Å². The first-order chi connectivity index (χ1) is 12.7.